The number of nitrogens with two attached hydrogens (primary N) is 1. The minimum atomic E-state index is -1.72. The highest BCUT2D eigenvalue weighted by atomic mass is 19.2. The van der Waals surface area contributed by atoms with Crippen molar-refractivity contribution in [1.29, 1.82) is 0 Å². The molecule has 14 heavy (non-hydrogen) atoms. The fraction of sp³-hybridized carbons (Fsp3) is 0.125. The maximum absolute atomic E-state index is 12.9. The minimum Gasteiger partial charge on any atom is -0.480 e. The SMILES string of the molecule is N[C@@H](C(=O)O)c1ccc(F)c(F)c1F. The van der Waals surface area contributed by atoms with Gasteiger partial charge in [-0.3, -0.25) is 4.79 Å². The Morgan fingerprint density at radius 3 is 2.36 bits per heavy atom. The average molecular weight is 205 g/mol. The number of carboxylic acid groups (broad SMARTS) is 1. The van der Waals surface area contributed by atoms with Crippen molar-refractivity contribution in [2.75, 3.05) is 0 Å². The van der Waals surface area contributed by atoms with E-state index in [0.29, 0.717) is 6.07 Å². The van der Waals surface area contributed by atoms with Gasteiger partial charge in [-0.05, 0) is 6.07 Å². The first-order valence-corrected chi connectivity index (χ1v) is 3.57. The second-order valence-corrected chi connectivity index (χ2v) is 2.58. The monoisotopic (exact) mass is 205 g/mol. The Morgan fingerprint density at radius 1 is 1.29 bits per heavy atom. The summed E-state index contributed by atoms with van der Waals surface area (Å²) in [5.41, 5.74) is 4.44. The summed E-state index contributed by atoms with van der Waals surface area (Å²) in [6.07, 6.45) is 0. The Morgan fingerprint density at radius 2 is 1.86 bits per heavy atom. The van der Waals surface area contributed by atoms with Crippen LogP contribution in [0, 0.1) is 17.5 Å². The van der Waals surface area contributed by atoms with E-state index in [2.05, 4.69) is 0 Å². The lowest BCUT2D eigenvalue weighted by Crippen LogP contribution is -2.22. The highest BCUT2D eigenvalue weighted by molar-refractivity contribution is 5.75. The van der Waals surface area contributed by atoms with Gasteiger partial charge in [0, 0.05) is 5.56 Å². The topological polar surface area (TPSA) is 63.3 Å². The Balaban J connectivity index is 3.24. The van der Waals surface area contributed by atoms with E-state index in [0.717, 1.165) is 6.07 Å². The van der Waals surface area contributed by atoms with Gasteiger partial charge in [0.2, 0.25) is 0 Å². The second kappa shape index (κ2) is 3.67. The molecule has 1 aromatic carbocycles. The lowest BCUT2D eigenvalue weighted by Gasteiger charge is -2.08. The van der Waals surface area contributed by atoms with Gasteiger partial charge in [0.25, 0.3) is 0 Å². The second-order valence-electron chi connectivity index (χ2n) is 2.58. The summed E-state index contributed by atoms with van der Waals surface area (Å²) >= 11 is 0. The lowest BCUT2D eigenvalue weighted by molar-refractivity contribution is -0.138. The third-order valence-electron chi connectivity index (χ3n) is 1.67. The predicted molar refractivity (Wildman–Crippen MR) is 40.9 cm³/mol. The summed E-state index contributed by atoms with van der Waals surface area (Å²) in [5.74, 6) is -6.20. The zero-order chi connectivity index (χ0) is 10.9. The van der Waals surface area contributed by atoms with Crippen molar-refractivity contribution in [2.24, 2.45) is 5.73 Å². The molecule has 0 bridgehead atoms. The predicted octanol–water partition coefficient (Wildman–Crippen LogP) is 1.19. The molecule has 1 aromatic rings. The molecule has 0 amide bonds. The van der Waals surface area contributed by atoms with Crippen molar-refractivity contribution >= 4 is 5.97 Å². The first-order valence-electron chi connectivity index (χ1n) is 3.57. The summed E-state index contributed by atoms with van der Waals surface area (Å²) in [4.78, 5) is 10.3. The van der Waals surface area contributed by atoms with E-state index in [1.54, 1.807) is 0 Å². The maximum Gasteiger partial charge on any atom is 0.325 e. The Kier molecular flexibility index (Phi) is 2.76. The lowest BCUT2D eigenvalue weighted by atomic mass is 10.1. The molecule has 1 atom stereocenters. The number of hydrogen-bond donors (Lipinski definition) is 2. The van der Waals surface area contributed by atoms with Crippen LogP contribution in [0.4, 0.5) is 13.2 Å². The normalized spacial score (nSPS) is 12.6. The molecular weight excluding hydrogens is 199 g/mol. The van der Waals surface area contributed by atoms with E-state index in [1.807, 2.05) is 0 Å². The maximum atomic E-state index is 12.9. The van der Waals surface area contributed by atoms with Gasteiger partial charge in [-0.1, -0.05) is 6.07 Å². The third-order valence-corrected chi connectivity index (χ3v) is 1.67. The first kappa shape index (κ1) is 10.5. The molecule has 0 unspecified atom stereocenters. The zero-order valence-electron chi connectivity index (χ0n) is 6.80. The van der Waals surface area contributed by atoms with Crippen molar-refractivity contribution < 1.29 is 23.1 Å². The van der Waals surface area contributed by atoms with Crippen LogP contribution in [0.1, 0.15) is 11.6 Å². The van der Waals surface area contributed by atoms with E-state index in [1.165, 1.54) is 0 Å². The van der Waals surface area contributed by atoms with Crippen LogP contribution in [0.15, 0.2) is 12.1 Å². The Hall–Kier alpha value is -1.56. The minimum absolute atomic E-state index is 0.587. The van der Waals surface area contributed by atoms with Crippen LogP contribution in [0.5, 0.6) is 0 Å². The van der Waals surface area contributed by atoms with E-state index < -0.39 is 35.0 Å². The summed E-state index contributed by atoms with van der Waals surface area (Å²) < 4.78 is 38.0. The molecule has 0 fully saturated rings. The van der Waals surface area contributed by atoms with Crippen LogP contribution in [0.25, 0.3) is 0 Å². The number of halogens is 3. The van der Waals surface area contributed by atoms with Gasteiger partial charge in [0.15, 0.2) is 17.5 Å². The number of carbonyl (C=O) groups is 1. The smallest absolute Gasteiger partial charge is 0.325 e. The summed E-state index contributed by atoms with van der Waals surface area (Å²) in [6.45, 7) is 0. The molecular formula is C8H6F3NO2. The molecule has 0 aliphatic rings. The largest absolute Gasteiger partial charge is 0.480 e. The molecule has 1 rings (SSSR count). The van der Waals surface area contributed by atoms with Gasteiger partial charge in [-0.25, -0.2) is 13.2 Å². The van der Waals surface area contributed by atoms with E-state index in [4.69, 9.17) is 10.8 Å². The molecule has 0 radical (unpaired) electrons. The van der Waals surface area contributed by atoms with Crippen molar-refractivity contribution in [3.63, 3.8) is 0 Å². The van der Waals surface area contributed by atoms with Gasteiger partial charge < -0.3 is 10.8 Å². The number of benzene rings is 1. The Bertz CT molecular complexity index is 381. The van der Waals surface area contributed by atoms with Gasteiger partial charge >= 0.3 is 5.97 Å². The molecule has 0 aromatic heterocycles. The van der Waals surface area contributed by atoms with Crippen LogP contribution in [0.3, 0.4) is 0 Å². The third kappa shape index (κ3) is 1.69. The van der Waals surface area contributed by atoms with Crippen LogP contribution >= 0.6 is 0 Å². The molecule has 0 saturated heterocycles. The molecule has 0 aliphatic heterocycles. The molecule has 3 N–H and O–H groups in total. The summed E-state index contributed by atoms with van der Waals surface area (Å²) in [7, 11) is 0. The summed E-state index contributed by atoms with van der Waals surface area (Å²) in [5, 5.41) is 8.41. The van der Waals surface area contributed by atoms with Gasteiger partial charge in [-0.2, -0.15) is 0 Å². The van der Waals surface area contributed by atoms with Crippen molar-refractivity contribution in [2.45, 2.75) is 6.04 Å². The van der Waals surface area contributed by atoms with Crippen LogP contribution in [-0.4, -0.2) is 11.1 Å². The van der Waals surface area contributed by atoms with Crippen LogP contribution in [-0.2, 0) is 4.79 Å². The highest BCUT2D eigenvalue weighted by Crippen LogP contribution is 2.19. The molecule has 0 saturated carbocycles. The summed E-state index contributed by atoms with van der Waals surface area (Å²) in [6, 6.07) is -0.284. The molecule has 6 heteroatoms. The average Bonchev–Trinajstić information content (AvgIpc) is 2.13. The fourth-order valence-corrected chi connectivity index (χ4v) is 0.914. The van der Waals surface area contributed by atoms with Crippen molar-refractivity contribution in [3.8, 4) is 0 Å². The fourth-order valence-electron chi connectivity index (χ4n) is 0.914. The van der Waals surface area contributed by atoms with Gasteiger partial charge in [0.1, 0.15) is 6.04 Å². The van der Waals surface area contributed by atoms with Crippen molar-refractivity contribution in [3.05, 3.63) is 35.1 Å². The van der Waals surface area contributed by atoms with Gasteiger partial charge in [0.05, 0.1) is 0 Å². The first-order chi connectivity index (χ1) is 6.45. The van der Waals surface area contributed by atoms with Crippen LogP contribution < -0.4 is 5.73 Å². The molecule has 0 aliphatic carbocycles. The van der Waals surface area contributed by atoms with E-state index >= 15 is 0 Å². The number of carboxylic acids is 1. The zero-order valence-corrected chi connectivity index (χ0v) is 6.80. The number of aliphatic carboxylic acids is 1. The molecule has 0 heterocycles. The van der Waals surface area contributed by atoms with Crippen molar-refractivity contribution in [1.82, 2.24) is 0 Å². The van der Waals surface area contributed by atoms with Crippen LogP contribution in [0.2, 0.25) is 0 Å². The quantitative estimate of drug-likeness (QED) is 0.713. The number of rotatable bonds is 2. The highest BCUT2D eigenvalue weighted by Gasteiger charge is 2.22. The number of hydrogen-bond acceptors (Lipinski definition) is 2. The van der Waals surface area contributed by atoms with E-state index in [9.17, 15) is 18.0 Å². The molecule has 3 nitrogen and oxygen atoms in total. The van der Waals surface area contributed by atoms with E-state index in [-0.39, 0.29) is 0 Å². The molecule has 76 valence electrons. The Labute approximate surface area is 77.0 Å². The van der Waals surface area contributed by atoms with Gasteiger partial charge in [-0.15, -0.1) is 0 Å². The standard InChI is InChI=1S/C8H6F3NO2/c9-4-2-1-3(5(10)6(4)11)7(12)8(13)14/h1-2,7H,12H2,(H,13,14)/t7-/m1/s1. The molecule has 0 spiro atoms.